The molecular weight excluding hydrogens is 148 g/mol. The Bertz CT molecular complexity index is 87.1. The van der Waals surface area contributed by atoms with Crippen molar-refractivity contribution in [3.8, 4) is 0 Å². The fraction of sp³-hybridized carbons (Fsp3) is 0.857. The van der Waals surface area contributed by atoms with Crippen LogP contribution >= 0.6 is 0 Å². The molecule has 1 fully saturated rings. The Morgan fingerprint density at radius 1 is 1.27 bits per heavy atom. The summed E-state index contributed by atoms with van der Waals surface area (Å²) in [4.78, 5) is 9.37. The zero-order valence-electron chi connectivity index (χ0n) is 6.71. The number of carboxylic acid groups (broad SMARTS) is 1. The topological polar surface area (TPSA) is 55.8 Å². The van der Waals surface area contributed by atoms with Crippen molar-refractivity contribution in [1.82, 2.24) is 0 Å². The molecule has 0 atom stereocenters. The molecule has 1 saturated heterocycles. The van der Waals surface area contributed by atoms with Crippen LogP contribution in [-0.4, -0.2) is 37.5 Å². The van der Waals surface area contributed by atoms with E-state index in [9.17, 15) is 4.79 Å². The van der Waals surface area contributed by atoms with E-state index >= 15 is 0 Å². The molecule has 0 spiro atoms. The number of hydrogen-bond donors (Lipinski definition) is 1. The smallest absolute Gasteiger partial charge is 0.303 e. The first-order valence-electron chi connectivity index (χ1n) is 3.64. The lowest BCUT2D eigenvalue weighted by Gasteiger charge is -2.09. The largest absolute Gasteiger partial charge is 0.481 e. The summed E-state index contributed by atoms with van der Waals surface area (Å²) < 4.78 is 9.89. The molecule has 1 aliphatic heterocycles. The monoisotopic (exact) mass is 162 g/mol. The van der Waals surface area contributed by atoms with Gasteiger partial charge in [-0.1, -0.05) is 6.92 Å². The number of carbonyl (C=O) groups is 1. The molecule has 1 rings (SSSR count). The minimum atomic E-state index is -0.745. The third kappa shape index (κ3) is 9.39. The van der Waals surface area contributed by atoms with E-state index in [1.54, 1.807) is 6.92 Å². The van der Waals surface area contributed by atoms with Crippen LogP contribution in [0.2, 0.25) is 0 Å². The molecule has 0 unspecified atom stereocenters. The molecule has 0 bridgehead atoms. The molecule has 0 aromatic rings. The SMILES string of the molecule is C1COCCO1.CCC(=O)O. The van der Waals surface area contributed by atoms with E-state index < -0.39 is 5.97 Å². The van der Waals surface area contributed by atoms with Gasteiger partial charge in [-0.15, -0.1) is 0 Å². The summed E-state index contributed by atoms with van der Waals surface area (Å²) in [6.07, 6.45) is 0.222. The lowest BCUT2D eigenvalue weighted by Crippen LogP contribution is -2.16. The van der Waals surface area contributed by atoms with E-state index in [1.807, 2.05) is 0 Å². The van der Waals surface area contributed by atoms with Crippen LogP contribution in [0, 0.1) is 0 Å². The highest BCUT2D eigenvalue weighted by Gasteiger charge is 1.94. The summed E-state index contributed by atoms with van der Waals surface area (Å²) in [5.41, 5.74) is 0. The normalized spacial score (nSPS) is 16.5. The molecule has 0 amide bonds. The number of carboxylic acids is 1. The minimum Gasteiger partial charge on any atom is -0.481 e. The molecule has 0 radical (unpaired) electrons. The molecule has 0 saturated carbocycles. The van der Waals surface area contributed by atoms with Crippen molar-refractivity contribution >= 4 is 5.97 Å². The Labute approximate surface area is 66.1 Å². The second-order valence-corrected chi connectivity index (χ2v) is 1.97. The van der Waals surface area contributed by atoms with Crippen molar-refractivity contribution in [2.45, 2.75) is 13.3 Å². The average Bonchev–Trinajstić information content (AvgIpc) is 2.09. The molecule has 11 heavy (non-hydrogen) atoms. The highest BCUT2D eigenvalue weighted by molar-refractivity contribution is 5.66. The van der Waals surface area contributed by atoms with Gasteiger partial charge in [0.15, 0.2) is 0 Å². The van der Waals surface area contributed by atoms with Gasteiger partial charge in [0.2, 0.25) is 0 Å². The van der Waals surface area contributed by atoms with Crippen molar-refractivity contribution in [3.05, 3.63) is 0 Å². The Morgan fingerprint density at radius 3 is 1.64 bits per heavy atom. The van der Waals surface area contributed by atoms with E-state index in [4.69, 9.17) is 14.6 Å². The molecule has 1 aliphatic rings. The fourth-order valence-corrected chi connectivity index (χ4v) is 0.440. The van der Waals surface area contributed by atoms with Gasteiger partial charge in [0.25, 0.3) is 0 Å². The number of rotatable bonds is 1. The summed E-state index contributed by atoms with van der Waals surface area (Å²) in [5.74, 6) is -0.745. The molecule has 0 aromatic carbocycles. The maximum atomic E-state index is 9.37. The van der Waals surface area contributed by atoms with Crippen LogP contribution in [0.15, 0.2) is 0 Å². The second kappa shape index (κ2) is 7.50. The Morgan fingerprint density at radius 2 is 1.55 bits per heavy atom. The van der Waals surface area contributed by atoms with Gasteiger partial charge in [0.1, 0.15) is 0 Å². The predicted molar refractivity (Wildman–Crippen MR) is 39.6 cm³/mol. The van der Waals surface area contributed by atoms with Crippen LogP contribution in [0.4, 0.5) is 0 Å². The fourth-order valence-electron chi connectivity index (χ4n) is 0.440. The molecule has 1 N–H and O–H groups in total. The van der Waals surface area contributed by atoms with Crippen LogP contribution in [0.25, 0.3) is 0 Å². The maximum Gasteiger partial charge on any atom is 0.303 e. The Hall–Kier alpha value is -0.610. The first-order chi connectivity index (χ1) is 5.27. The van der Waals surface area contributed by atoms with Gasteiger partial charge in [0.05, 0.1) is 26.4 Å². The predicted octanol–water partition coefficient (Wildman–Crippen LogP) is 0.514. The standard InChI is InChI=1S/C4H8O2.C3H6O2/c1-2-6-4-3-5-1;1-2-3(4)5/h1-4H2;2H2,1H3,(H,4,5). The van der Waals surface area contributed by atoms with E-state index in [2.05, 4.69) is 0 Å². The third-order valence-corrected chi connectivity index (χ3v) is 1.05. The highest BCUT2D eigenvalue weighted by atomic mass is 16.6. The Kier molecular flexibility index (Phi) is 7.08. The molecule has 66 valence electrons. The minimum absolute atomic E-state index is 0.222. The van der Waals surface area contributed by atoms with Crippen molar-refractivity contribution in [2.75, 3.05) is 26.4 Å². The highest BCUT2D eigenvalue weighted by Crippen LogP contribution is 1.85. The Balaban J connectivity index is 0.000000187. The number of hydrogen-bond acceptors (Lipinski definition) is 3. The van der Waals surface area contributed by atoms with E-state index in [-0.39, 0.29) is 6.42 Å². The third-order valence-electron chi connectivity index (χ3n) is 1.05. The number of aliphatic carboxylic acids is 1. The average molecular weight is 162 g/mol. The summed E-state index contributed by atoms with van der Waals surface area (Å²) >= 11 is 0. The summed E-state index contributed by atoms with van der Waals surface area (Å²) in [6.45, 7) is 4.71. The zero-order chi connectivity index (χ0) is 8.53. The van der Waals surface area contributed by atoms with Gasteiger partial charge in [-0.2, -0.15) is 0 Å². The van der Waals surface area contributed by atoms with Gasteiger partial charge in [-0.3, -0.25) is 4.79 Å². The molecule has 0 aromatic heterocycles. The van der Waals surface area contributed by atoms with Crippen molar-refractivity contribution < 1.29 is 19.4 Å². The van der Waals surface area contributed by atoms with Crippen LogP contribution in [0.3, 0.4) is 0 Å². The van der Waals surface area contributed by atoms with E-state index in [0.717, 1.165) is 26.4 Å². The van der Waals surface area contributed by atoms with Gasteiger partial charge in [-0.05, 0) is 0 Å². The second-order valence-electron chi connectivity index (χ2n) is 1.97. The van der Waals surface area contributed by atoms with E-state index in [0.29, 0.717) is 0 Å². The quantitative estimate of drug-likeness (QED) is 0.610. The molecule has 4 nitrogen and oxygen atoms in total. The maximum absolute atomic E-state index is 9.37. The molecular formula is C7H14O4. The number of ether oxygens (including phenoxy) is 2. The summed E-state index contributed by atoms with van der Waals surface area (Å²) in [6, 6.07) is 0. The first kappa shape index (κ1) is 10.4. The van der Waals surface area contributed by atoms with Gasteiger partial charge in [-0.25, -0.2) is 0 Å². The lowest BCUT2D eigenvalue weighted by molar-refractivity contribution is -0.136. The summed E-state index contributed by atoms with van der Waals surface area (Å²) in [5, 5.41) is 7.72. The van der Waals surface area contributed by atoms with Crippen molar-refractivity contribution in [3.63, 3.8) is 0 Å². The van der Waals surface area contributed by atoms with E-state index in [1.165, 1.54) is 0 Å². The van der Waals surface area contributed by atoms with Crippen LogP contribution in [0.1, 0.15) is 13.3 Å². The zero-order valence-corrected chi connectivity index (χ0v) is 6.71. The van der Waals surface area contributed by atoms with Gasteiger partial charge >= 0.3 is 5.97 Å². The first-order valence-corrected chi connectivity index (χ1v) is 3.64. The lowest BCUT2D eigenvalue weighted by atomic mass is 10.5. The van der Waals surface area contributed by atoms with Crippen LogP contribution < -0.4 is 0 Å². The van der Waals surface area contributed by atoms with Crippen molar-refractivity contribution in [1.29, 1.82) is 0 Å². The van der Waals surface area contributed by atoms with Crippen molar-refractivity contribution in [2.24, 2.45) is 0 Å². The van der Waals surface area contributed by atoms with Gasteiger partial charge in [0, 0.05) is 6.42 Å². The molecule has 0 aliphatic carbocycles. The molecule has 1 heterocycles. The summed E-state index contributed by atoms with van der Waals surface area (Å²) in [7, 11) is 0. The van der Waals surface area contributed by atoms with Crippen LogP contribution in [0.5, 0.6) is 0 Å². The van der Waals surface area contributed by atoms with Crippen LogP contribution in [-0.2, 0) is 14.3 Å². The molecule has 4 heteroatoms. The van der Waals surface area contributed by atoms with Gasteiger partial charge < -0.3 is 14.6 Å².